The number of hydrogen-bond donors (Lipinski definition) is 1. The quantitative estimate of drug-likeness (QED) is 0.845. The van der Waals surface area contributed by atoms with Gasteiger partial charge in [0, 0.05) is 0 Å². The largest absolute Gasteiger partial charge is 0.491 e. The summed E-state index contributed by atoms with van der Waals surface area (Å²) in [4.78, 5) is 0. The molecule has 1 unspecified atom stereocenters. The van der Waals surface area contributed by atoms with Gasteiger partial charge in [-0.25, -0.2) is 4.39 Å². The minimum absolute atomic E-state index is 0.112. The predicted octanol–water partition coefficient (Wildman–Crippen LogP) is 2.78. The molecule has 0 spiro atoms. The van der Waals surface area contributed by atoms with Crippen LogP contribution in [0.4, 0.5) is 4.39 Å². The van der Waals surface area contributed by atoms with Crippen molar-refractivity contribution in [2.45, 2.75) is 12.7 Å². The van der Waals surface area contributed by atoms with Gasteiger partial charge in [0.05, 0.1) is 13.2 Å². The van der Waals surface area contributed by atoms with Crippen LogP contribution in [0.25, 0.3) is 0 Å². The Morgan fingerprint density at radius 3 is 2.35 bits per heavy atom. The van der Waals surface area contributed by atoms with E-state index in [1.807, 2.05) is 30.3 Å². The molecule has 0 bridgehead atoms. The molecule has 0 radical (unpaired) electrons. The van der Waals surface area contributed by atoms with Crippen LogP contribution in [0.5, 0.6) is 5.75 Å². The average Bonchev–Trinajstić information content (AvgIpc) is 2.48. The molecule has 2 aromatic rings. The van der Waals surface area contributed by atoms with Crippen molar-refractivity contribution in [3.63, 3.8) is 0 Å². The van der Waals surface area contributed by atoms with Gasteiger partial charge < -0.3 is 14.6 Å². The zero-order valence-corrected chi connectivity index (χ0v) is 11.0. The van der Waals surface area contributed by atoms with Crippen LogP contribution >= 0.6 is 0 Å². The summed E-state index contributed by atoms with van der Waals surface area (Å²) in [6.07, 6.45) is -0.719. The van der Waals surface area contributed by atoms with Crippen molar-refractivity contribution in [1.82, 2.24) is 0 Å². The summed E-state index contributed by atoms with van der Waals surface area (Å²) in [5.74, 6) is 0.206. The summed E-state index contributed by atoms with van der Waals surface area (Å²) in [6, 6.07) is 15.4. The van der Waals surface area contributed by atoms with Gasteiger partial charge in [0.2, 0.25) is 0 Å². The number of hydrogen-bond acceptors (Lipinski definition) is 3. The van der Waals surface area contributed by atoms with Gasteiger partial charge in [-0.1, -0.05) is 30.3 Å². The number of halogens is 1. The molecule has 0 aliphatic heterocycles. The lowest BCUT2D eigenvalue weighted by molar-refractivity contribution is 0.00548. The van der Waals surface area contributed by atoms with Crippen LogP contribution in [0, 0.1) is 5.82 Å². The third kappa shape index (κ3) is 4.99. The molecule has 4 heteroatoms. The van der Waals surface area contributed by atoms with E-state index in [1.165, 1.54) is 24.3 Å². The van der Waals surface area contributed by atoms with Crippen LogP contribution in [0.2, 0.25) is 0 Å². The Morgan fingerprint density at radius 2 is 1.65 bits per heavy atom. The molecular weight excluding hydrogens is 259 g/mol. The van der Waals surface area contributed by atoms with Gasteiger partial charge in [0.25, 0.3) is 0 Å². The minimum atomic E-state index is -0.719. The maximum absolute atomic E-state index is 12.7. The van der Waals surface area contributed by atoms with E-state index in [9.17, 15) is 9.50 Å². The fraction of sp³-hybridized carbons (Fsp3) is 0.250. The second-order valence-electron chi connectivity index (χ2n) is 4.42. The van der Waals surface area contributed by atoms with Gasteiger partial charge in [-0.15, -0.1) is 0 Å². The second kappa shape index (κ2) is 7.62. The minimum Gasteiger partial charge on any atom is -0.491 e. The van der Waals surface area contributed by atoms with E-state index in [0.717, 1.165) is 5.56 Å². The van der Waals surface area contributed by atoms with Crippen LogP contribution in [-0.4, -0.2) is 24.4 Å². The first-order valence-electron chi connectivity index (χ1n) is 6.42. The fourth-order valence-electron chi connectivity index (χ4n) is 1.66. The van der Waals surface area contributed by atoms with E-state index in [2.05, 4.69) is 0 Å². The molecule has 0 aromatic heterocycles. The maximum atomic E-state index is 12.7. The lowest BCUT2D eigenvalue weighted by atomic mass is 10.2. The molecule has 106 valence electrons. The van der Waals surface area contributed by atoms with Crippen LogP contribution in [0.3, 0.4) is 0 Å². The Morgan fingerprint density at radius 1 is 0.950 bits per heavy atom. The lowest BCUT2D eigenvalue weighted by Crippen LogP contribution is -2.23. The zero-order valence-electron chi connectivity index (χ0n) is 11.0. The number of rotatable bonds is 7. The molecule has 0 aliphatic carbocycles. The van der Waals surface area contributed by atoms with E-state index < -0.39 is 6.10 Å². The molecule has 1 N–H and O–H groups in total. The molecular formula is C16H17FO3. The molecule has 0 saturated carbocycles. The van der Waals surface area contributed by atoms with E-state index in [1.54, 1.807) is 0 Å². The summed E-state index contributed by atoms with van der Waals surface area (Å²) in [6.45, 7) is 0.755. The smallest absolute Gasteiger partial charge is 0.123 e. The highest BCUT2D eigenvalue weighted by atomic mass is 19.1. The summed E-state index contributed by atoms with van der Waals surface area (Å²) in [5, 5.41) is 9.72. The monoisotopic (exact) mass is 276 g/mol. The zero-order chi connectivity index (χ0) is 14.2. The molecule has 2 aromatic carbocycles. The maximum Gasteiger partial charge on any atom is 0.123 e. The van der Waals surface area contributed by atoms with E-state index in [0.29, 0.717) is 12.4 Å². The number of aliphatic hydroxyl groups is 1. The molecule has 2 rings (SSSR count). The number of ether oxygens (including phenoxy) is 2. The second-order valence-corrected chi connectivity index (χ2v) is 4.42. The summed E-state index contributed by atoms with van der Waals surface area (Å²) in [7, 11) is 0. The summed E-state index contributed by atoms with van der Waals surface area (Å²) >= 11 is 0. The Balaban J connectivity index is 1.65. The Bertz CT molecular complexity index is 499. The Hall–Kier alpha value is -1.91. The highest BCUT2D eigenvalue weighted by Crippen LogP contribution is 2.11. The van der Waals surface area contributed by atoms with Gasteiger partial charge in [0.1, 0.15) is 24.3 Å². The third-order valence-corrected chi connectivity index (χ3v) is 2.68. The van der Waals surface area contributed by atoms with Gasteiger partial charge in [0.15, 0.2) is 0 Å². The van der Waals surface area contributed by atoms with Gasteiger partial charge in [-0.3, -0.25) is 0 Å². The highest BCUT2D eigenvalue weighted by Gasteiger charge is 2.06. The molecule has 3 nitrogen and oxygen atoms in total. The highest BCUT2D eigenvalue weighted by molar-refractivity contribution is 5.22. The lowest BCUT2D eigenvalue weighted by Gasteiger charge is -2.12. The number of benzene rings is 2. The normalized spacial score (nSPS) is 12.1. The van der Waals surface area contributed by atoms with Gasteiger partial charge in [-0.2, -0.15) is 0 Å². The first-order chi connectivity index (χ1) is 9.74. The average molecular weight is 276 g/mol. The summed E-state index contributed by atoms with van der Waals surface area (Å²) < 4.78 is 23.4. The van der Waals surface area contributed by atoms with Crippen molar-refractivity contribution in [2.75, 3.05) is 13.2 Å². The number of aliphatic hydroxyl groups excluding tert-OH is 1. The third-order valence-electron chi connectivity index (χ3n) is 2.68. The molecule has 0 heterocycles. The SMILES string of the molecule is OC(COCc1ccccc1)COc1ccc(F)cc1. The molecule has 0 aliphatic rings. The van der Waals surface area contributed by atoms with E-state index >= 15 is 0 Å². The van der Waals surface area contributed by atoms with Crippen molar-refractivity contribution in [1.29, 1.82) is 0 Å². The van der Waals surface area contributed by atoms with Crippen LogP contribution in [0.15, 0.2) is 54.6 Å². The van der Waals surface area contributed by atoms with Crippen molar-refractivity contribution < 1.29 is 19.0 Å². The Kier molecular flexibility index (Phi) is 5.53. The van der Waals surface area contributed by atoms with Crippen molar-refractivity contribution in [2.24, 2.45) is 0 Å². The van der Waals surface area contributed by atoms with Crippen LogP contribution in [0.1, 0.15) is 5.56 Å². The van der Waals surface area contributed by atoms with Crippen LogP contribution in [-0.2, 0) is 11.3 Å². The fourth-order valence-corrected chi connectivity index (χ4v) is 1.66. The van der Waals surface area contributed by atoms with Crippen molar-refractivity contribution in [3.8, 4) is 5.75 Å². The molecule has 0 saturated heterocycles. The topological polar surface area (TPSA) is 38.7 Å². The van der Waals surface area contributed by atoms with Gasteiger partial charge >= 0.3 is 0 Å². The van der Waals surface area contributed by atoms with Crippen LogP contribution < -0.4 is 4.74 Å². The molecule has 20 heavy (non-hydrogen) atoms. The standard InChI is InChI=1S/C16H17FO3/c17-14-6-8-16(9-7-14)20-12-15(18)11-19-10-13-4-2-1-3-5-13/h1-9,15,18H,10-12H2. The van der Waals surface area contributed by atoms with Crippen molar-refractivity contribution in [3.05, 3.63) is 66.0 Å². The molecule has 1 atom stereocenters. The van der Waals surface area contributed by atoms with E-state index in [4.69, 9.17) is 9.47 Å². The molecule has 0 fully saturated rings. The van der Waals surface area contributed by atoms with Gasteiger partial charge in [-0.05, 0) is 29.8 Å². The Labute approximate surface area is 117 Å². The summed E-state index contributed by atoms with van der Waals surface area (Å²) in [5.41, 5.74) is 1.05. The predicted molar refractivity (Wildman–Crippen MR) is 74.0 cm³/mol. The van der Waals surface area contributed by atoms with Crippen molar-refractivity contribution >= 4 is 0 Å². The first-order valence-corrected chi connectivity index (χ1v) is 6.42. The molecule has 0 amide bonds. The first kappa shape index (κ1) is 14.5. The van der Waals surface area contributed by atoms with E-state index in [-0.39, 0.29) is 19.0 Å².